The summed E-state index contributed by atoms with van der Waals surface area (Å²) in [5.41, 5.74) is 7.16. The lowest BCUT2D eigenvalue weighted by Crippen LogP contribution is -2.05. The summed E-state index contributed by atoms with van der Waals surface area (Å²) in [6.07, 6.45) is 3.81. The molecular weight excluding hydrogens is 336 g/mol. The van der Waals surface area contributed by atoms with E-state index in [9.17, 15) is 5.11 Å². The van der Waals surface area contributed by atoms with Gasteiger partial charge in [0.15, 0.2) is 5.88 Å². The van der Waals surface area contributed by atoms with E-state index in [2.05, 4.69) is 46.4 Å². The van der Waals surface area contributed by atoms with Gasteiger partial charge >= 0.3 is 0 Å². The minimum Gasteiger partial charge on any atom is -0.497 e. The van der Waals surface area contributed by atoms with Crippen LogP contribution in [0.2, 0.25) is 0 Å². The van der Waals surface area contributed by atoms with Gasteiger partial charge in [-0.25, -0.2) is 0 Å². The Labute approximate surface area is 155 Å². The average Bonchev–Trinajstić information content (AvgIpc) is 3.28. The van der Waals surface area contributed by atoms with Crippen molar-refractivity contribution in [1.82, 2.24) is 9.97 Å². The molecule has 132 valence electrons. The molecule has 5 aromatic rings. The molecule has 2 heterocycles. The van der Waals surface area contributed by atoms with Gasteiger partial charge in [0.05, 0.1) is 18.0 Å². The number of fused-ring (bicyclic) bond motifs is 10. The molecule has 2 aromatic heterocycles. The summed E-state index contributed by atoms with van der Waals surface area (Å²) >= 11 is 0. The summed E-state index contributed by atoms with van der Waals surface area (Å²) in [6, 6.07) is 14.6. The molecule has 4 nitrogen and oxygen atoms in total. The molecule has 1 aliphatic carbocycles. The lowest BCUT2D eigenvalue weighted by Gasteiger charge is -2.22. The van der Waals surface area contributed by atoms with Crippen molar-refractivity contribution in [3.8, 4) is 22.8 Å². The number of aryl methyl sites for hydroxylation is 2. The lowest BCUT2D eigenvalue weighted by molar-refractivity contribution is 0.414. The Balaban J connectivity index is 1.84. The van der Waals surface area contributed by atoms with Gasteiger partial charge in [0, 0.05) is 33.4 Å². The summed E-state index contributed by atoms with van der Waals surface area (Å²) in [5, 5.41) is 15.0. The Morgan fingerprint density at radius 1 is 1.00 bits per heavy atom. The third-order valence-electron chi connectivity index (χ3n) is 5.91. The average molecular weight is 354 g/mol. The minimum absolute atomic E-state index is 0.233. The molecule has 6 rings (SSSR count). The van der Waals surface area contributed by atoms with Crippen LogP contribution in [0, 0.1) is 0 Å². The van der Waals surface area contributed by atoms with Gasteiger partial charge in [0.25, 0.3) is 0 Å². The van der Waals surface area contributed by atoms with E-state index < -0.39 is 0 Å². The zero-order chi connectivity index (χ0) is 18.1. The first-order chi connectivity index (χ1) is 13.3. The molecular formula is C23H18N2O2. The number of rotatable bonds is 1. The van der Waals surface area contributed by atoms with E-state index in [4.69, 9.17) is 4.74 Å². The highest BCUT2D eigenvalue weighted by Crippen LogP contribution is 2.48. The van der Waals surface area contributed by atoms with Crippen LogP contribution in [0.5, 0.6) is 11.6 Å². The Bertz CT molecular complexity index is 1370. The molecule has 3 N–H and O–H groups in total. The maximum Gasteiger partial charge on any atom is 0.197 e. The van der Waals surface area contributed by atoms with Crippen LogP contribution in [-0.4, -0.2) is 22.2 Å². The number of methoxy groups -OCH3 is 1. The molecule has 1 aliphatic rings. The third kappa shape index (κ3) is 1.82. The number of H-pyrrole nitrogens is 2. The molecule has 0 amide bonds. The Kier molecular flexibility index (Phi) is 2.77. The highest BCUT2D eigenvalue weighted by molar-refractivity contribution is 6.26. The van der Waals surface area contributed by atoms with Crippen molar-refractivity contribution in [3.63, 3.8) is 0 Å². The molecule has 0 aliphatic heterocycles. The molecule has 0 saturated carbocycles. The quantitative estimate of drug-likeness (QED) is 0.383. The maximum atomic E-state index is 10.7. The van der Waals surface area contributed by atoms with Gasteiger partial charge in [0.1, 0.15) is 5.75 Å². The summed E-state index contributed by atoms with van der Waals surface area (Å²) in [4.78, 5) is 6.68. The number of hydrogen-bond acceptors (Lipinski definition) is 2. The summed E-state index contributed by atoms with van der Waals surface area (Å²) in [7, 11) is 1.70. The van der Waals surface area contributed by atoms with Crippen molar-refractivity contribution in [1.29, 1.82) is 0 Å². The largest absolute Gasteiger partial charge is 0.497 e. The SMILES string of the molecule is COc1ccc2c(c1)CCc1c-2c2c(O)[nH]cc2c2c1[nH]c1ccccc12. The van der Waals surface area contributed by atoms with Crippen LogP contribution >= 0.6 is 0 Å². The number of aromatic hydroxyl groups is 1. The normalized spacial score (nSPS) is 13.2. The second-order valence-corrected chi connectivity index (χ2v) is 7.22. The second kappa shape index (κ2) is 5.07. The van der Waals surface area contributed by atoms with Crippen LogP contribution in [-0.2, 0) is 12.8 Å². The smallest absolute Gasteiger partial charge is 0.197 e. The van der Waals surface area contributed by atoms with Crippen molar-refractivity contribution in [2.24, 2.45) is 0 Å². The fourth-order valence-corrected chi connectivity index (χ4v) is 4.74. The fraction of sp³-hybridized carbons (Fsp3) is 0.130. The second-order valence-electron chi connectivity index (χ2n) is 7.22. The van der Waals surface area contributed by atoms with E-state index in [0.717, 1.165) is 40.4 Å². The van der Waals surface area contributed by atoms with Crippen LogP contribution in [0.3, 0.4) is 0 Å². The summed E-state index contributed by atoms with van der Waals surface area (Å²) in [6.45, 7) is 0. The standard InChI is InChI=1S/C23H18N2O2/c1-27-13-7-9-14-12(10-13)6-8-16-19(14)21-17(11-24-23(21)26)20-15-4-2-3-5-18(15)25-22(16)20/h2-5,7,9-11,24-26H,6,8H2,1H3. The molecule has 3 aromatic carbocycles. The van der Waals surface area contributed by atoms with Crippen LogP contribution in [0.25, 0.3) is 43.7 Å². The number of nitrogens with one attached hydrogen (secondary N) is 2. The molecule has 0 atom stereocenters. The van der Waals surface area contributed by atoms with Crippen molar-refractivity contribution in [2.45, 2.75) is 12.8 Å². The predicted molar refractivity (Wildman–Crippen MR) is 109 cm³/mol. The molecule has 4 heteroatoms. The van der Waals surface area contributed by atoms with Crippen LogP contribution in [0.1, 0.15) is 11.1 Å². The zero-order valence-electron chi connectivity index (χ0n) is 14.9. The van der Waals surface area contributed by atoms with Gasteiger partial charge < -0.3 is 19.8 Å². The maximum absolute atomic E-state index is 10.7. The molecule has 0 fully saturated rings. The van der Waals surface area contributed by atoms with E-state index in [1.54, 1.807) is 7.11 Å². The lowest BCUT2D eigenvalue weighted by atomic mass is 9.82. The van der Waals surface area contributed by atoms with Crippen LogP contribution < -0.4 is 4.74 Å². The predicted octanol–water partition coefficient (Wildman–Crippen LogP) is 5.28. The van der Waals surface area contributed by atoms with Crippen molar-refractivity contribution < 1.29 is 9.84 Å². The zero-order valence-corrected chi connectivity index (χ0v) is 14.9. The van der Waals surface area contributed by atoms with E-state index in [0.29, 0.717) is 0 Å². The molecule has 0 unspecified atom stereocenters. The number of benzene rings is 3. The molecule has 27 heavy (non-hydrogen) atoms. The Morgan fingerprint density at radius 3 is 2.78 bits per heavy atom. The highest BCUT2D eigenvalue weighted by Gasteiger charge is 2.26. The van der Waals surface area contributed by atoms with Gasteiger partial charge in [-0.15, -0.1) is 0 Å². The van der Waals surface area contributed by atoms with E-state index in [1.165, 1.54) is 33.0 Å². The van der Waals surface area contributed by atoms with Gasteiger partial charge in [-0.05, 0) is 47.7 Å². The van der Waals surface area contributed by atoms with Crippen molar-refractivity contribution in [2.75, 3.05) is 7.11 Å². The first-order valence-corrected chi connectivity index (χ1v) is 9.19. The van der Waals surface area contributed by atoms with Crippen LogP contribution in [0.15, 0.2) is 48.7 Å². The van der Waals surface area contributed by atoms with Gasteiger partial charge in [-0.2, -0.15) is 0 Å². The van der Waals surface area contributed by atoms with Crippen LogP contribution in [0.4, 0.5) is 0 Å². The number of ether oxygens (including phenoxy) is 1. The first-order valence-electron chi connectivity index (χ1n) is 9.19. The van der Waals surface area contributed by atoms with E-state index in [-0.39, 0.29) is 5.88 Å². The number of aromatic nitrogens is 2. The van der Waals surface area contributed by atoms with Crippen molar-refractivity contribution in [3.05, 3.63) is 59.8 Å². The fourth-order valence-electron chi connectivity index (χ4n) is 4.74. The monoisotopic (exact) mass is 354 g/mol. The third-order valence-corrected chi connectivity index (χ3v) is 5.91. The van der Waals surface area contributed by atoms with Crippen molar-refractivity contribution >= 4 is 32.6 Å². The number of hydrogen-bond donors (Lipinski definition) is 3. The number of para-hydroxylation sites is 1. The number of aromatic amines is 2. The Hall–Kier alpha value is -3.40. The summed E-state index contributed by atoms with van der Waals surface area (Å²) in [5.74, 6) is 1.11. The molecule has 0 bridgehead atoms. The van der Waals surface area contributed by atoms with E-state index in [1.807, 2.05) is 12.3 Å². The highest BCUT2D eigenvalue weighted by atomic mass is 16.5. The minimum atomic E-state index is 0.233. The van der Waals surface area contributed by atoms with Gasteiger partial charge in [-0.1, -0.05) is 24.3 Å². The first kappa shape index (κ1) is 14.7. The molecule has 0 saturated heterocycles. The summed E-state index contributed by atoms with van der Waals surface area (Å²) < 4.78 is 5.41. The van der Waals surface area contributed by atoms with Gasteiger partial charge in [0.2, 0.25) is 0 Å². The Morgan fingerprint density at radius 2 is 1.89 bits per heavy atom. The molecule has 0 radical (unpaired) electrons. The topological polar surface area (TPSA) is 61.0 Å². The van der Waals surface area contributed by atoms with Gasteiger partial charge in [-0.3, -0.25) is 0 Å². The molecule has 0 spiro atoms. The van der Waals surface area contributed by atoms with E-state index >= 15 is 0 Å².